The van der Waals surface area contributed by atoms with Crippen LogP contribution >= 0.6 is 0 Å². The van der Waals surface area contributed by atoms with Crippen molar-refractivity contribution in [1.82, 2.24) is 19.5 Å². The van der Waals surface area contributed by atoms with Gasteiger partial charge in [-0.2, -0.15) is 4.31 Å². The number of rotatable bonds is 4. The predicted molar refractivity (Wildman–Crippen MR) is 106 cm³/mol. The van der Waals surface area contributed by atoms with Gasteiger partial charge in [-0.05, 0) is 44.0 Å². The molecule has 2 aromatic heterocycles. The number of hydrogen-bond donors (Lipinski definition) is 0. The molecule has 2 aliphatic rings. The summed E-state index contributed by atoms with van der Waals surface area (Å²) < 4.78 is 45.0. The molecule has 156 valence electrons. The molecule has 1 aromatic carbocycles. The Kier molecular flexibility index (Phi) is 4.67. The summed E-state index contributed by atoms with van der Waals surface area (Å²) in [5.74, 6) is 1.58. The highest BCUT2D eigenvalue weighted by molar-refractivity contribution is 7.89. The summed E-state index contributed by atoms with van der Waals surface area (Å²) in [6.07, 6.45) is 2.97. The van der Waals surface area contributed by atoms with Crippen molar-refractivity contribution in [3.63, 3.8) is 0 Å². The summed E-state index contributed by atoms with van der Waals surface area (Å²) in [5.41, 5.74) is 1.57. The molecular formula is C20H20N4O5S. The maximum absolute atomic E-state index is 13.3. The van der Waals surface area contributed by atoms with Crippen LogP contribution < -0.4 is 9.47 Å². The number of pyridine rings is 1. The highest BCUT2D eigenvalue weighted by atomic mass is 32.2. The first-order chi connectivity index (χ1) is 14.5. The lowest BCUT2D eigenvalue weighted by atomic mass is 10.2. The van der Waals surface area contributed by atoms with E-state index in [0.717, 1.165) is 5.69 Å². The molecule has 1 fully saturated rings. The van der Waals surface area contributed by atoms with E-state index >= 15 is 0 Å². The van der Waals surface area contributed by atoms with Crippen LogP contribution in [0.4, 0.5) is 0 Å². The van der Waals surface area contributed by atoms with Crippen molar-refractivity contribution in [1.29, 1.82) is 0 Å². The standard InChI is InChI=1S/C20H20N4O5S/c1-13-4-5-14(12-21-13)19-22-23-20(29-19)16-3-2-8-24(16)30(25,26)15-6-7-17-18(11-15)28-10-9-27-17/h4-7,11-12,16H,2-3,8-10H2,1H3/t16-/m1/s1. The smallest absolute Gasteiger partial charge is 0.249 e. The lowest BCUT2D eigenvalue weighted by Gasteiger charge is -2.23. The van der Waals surface area contributed by atoms with E-state index in [1.165, 1.54) is 16.4 Å². The third kappa shape index (κ3) is 3.31. The largest absolute Gasteiger partial charge is 0.486 e. The van der Waals surface area contributed by atoms with Crippen LogP contribution in [-0.2, 0) is 10.0 Å². The van der Waals surface area contributed by atoms with Gasteiger partial charge in [0.05, 0.1) is 10.5 Å². The zero-order chi connectivity index (χ0) is 20.7. The van der Waals surface area contributed by atoms with Gasteiger partial charge in [0.1, 0.15) is 19.3 Å². The van der Waals surface area contributed by atoms with Crippen LogP contribution in [0, 0.1) is 6.92 Å². The van der Waals surface area contributed by atoms with Gasteiger partial charge in [0.2, 0.25) is 21.8 Å². The molecule has 0 aliphatic carbocycles. The monoisotopic (exact) mass is 428 g/mol. The van der Waals surface area contributed by atoms with E-state index in [0.29, 0.717) is 55.6 Å². The number of sulfonamides is 1. The molecule has 0 N–H and O–H groups in total. The number of nitrogens with zero attached hydrogens (tertiary/aromatic N) is 4. The summed E-state index contributed by atoms with van der Waals surface area (Å²) in [4.78, 5) is 4.39. The van der Waals surface area contributed by atoms with Crippen molar-refractivity contribution in [3.8, 4) is 23.0 Å². The zero-order valence-electron chi connectivity index (χ0n) is 16.3. The SMILES string of the molecule is Cc1ccc(-c2nnc([C@H]3CCCN3S(=O)(=O)c3ccc4c(c3)OCCO4)o2)cn1. The molecule has 0 radical (unpaired) electrons. The molecule has 9 nitrogen and oxygen atoms in total. The minimum atomic E-state index is -3.77. The molecule has 0 spiro atoms. The molecule has 2 aliphatic heterocycles. The summed E-state index contributed by atoms with van der Waals surface area (Å²) >= 11 is 0. The fourth-order valence-electron chi connectivity index (χ4n) is 3.67. The average molecular weight is 428 g/mol. The third-order valence-corrected chi connectivity index (χ3v) is 7.11. The van der Waals surface area contributed by atoms with Crippen LogP contribution in [-0.4, -0.2) is 47.7 Å². The Labute approximate surface area is 173 Å². The summed E-state index contributed by atoms with van der Waals surface area (Å²) in [6, 6.07) is 7.86. The van der Waals surface area contributed by atoms with Gasteiger partial charge < -0.3 is 13.9 Å². The first-order valence-electron chi connectivity index (χ1n) is 9.70. The van der Waals surface area contributed by atoms with E-state index in [4.69, 9.17) is 13.9 Å². The van der Waals surface area contributed by atoms with E-state index in [1.54, 1.807) is 12.3 Å². The van der Waals surface area contributed by atoms with Crippen molar-refractivity contribution in [2.45, 2.75) is 30.7 Å². The normalized spacial score (nSPS) is 19.2. The minimum Gasteiger partial charge on any atom is -0.486 e. The second-order valence-electron chi connectivity index (χ2n) is 7.21. The second-order valence-corrected chi connectivity index (χ2v) is 9.10. The van der Waals surface area contributed by atoms with Crippen molar-refractivity contribution in [3.05, 3.63) is 48.1 Å². The number of fused-ring (bicyclic) bond motifs is 1. The minimum absolute atomic E-state index is 0.154. The number of benzene rings is 1. The molecule has 0 amide bonds. The predicted octanol–water partition coefficient (Wildman–Crippen LogP) is 2.74. The first kappa shape index (κ1) is 19.0. The van der Waals surface area contributed by atoms with Crippen LogP contribution in [0.5, 0.6) is 11.5 Å². The molecule has 0 unspecified atom stereocenters. The highest BCUT2D eigenvalue weighted by Gasteiger charge is 2.39. The number of aromatic nitrogens is 3. The molecule has 30 heavy (non-hydrogen) atoms. The van der Waals surface area contributed by atoms with Crippen LogP contribution in [0.2, 0.25) is 0 Å². The lowest BCUT2D eigenvalue weighted by Crippen LogP contribution is -2.31. The van der Waals surface area contributed by atoms with Crippen molar-refractivity contribution < 1.29 is 22.3 Å². The maximum Gasteiger partial charge on any atom is 0.249 e. The van der Waals surface area contributed by atoms with Crippen molar-refractivity contribution in [2.75, 3.05) is 19.8 Å². The molecule has 0 saturated carbocycles. The van der Waals surface area contributed by atoms with Gasteiger partial charge in [-0.3, -0.25) is 4.98 Å². The highest BCUT2D eigenvalue weighted by Crippen LogP contribution is 2.39. The molecular weight excluding hydrogens is 408 g/mol. The number of aryl methyl sites for hydroxylation is 1. The molecule has 1 saturated heterocycles. The fourth-order valence-corrected chi connectivity index (χ4v) is 5.34. The molecule has 10 heteroatoms. The molecule has 3 aromatic rings. The molecule has 5 rings (SSSR count). The topological polar surface area (TPSA) is 108 Å². The van der Waals surface area contributed by atoms with Crippen molar-refractivity contribution in [2.24, 2.45) is 0 Å². The Hall–Kier alpha value is -2.98. The fraction of sp³-hybridized carbons (Fsp3) is 0.350. The number of hydrogen-bond acceptors (Lipinski definition) is 8. The van der Waals surface area contributed by atoms with Gasteiger partial charge in [-0.1, -0.05) is 0 Å². The van der Waals surface area contributed by atoms with Crippen LogP contribution in [0.1, 0.15) is 30.5 Å². The molecule has 4 heterocycles. The van der Waals surface area contributed by atoms with E-state index in [-0.39, 0.29) is 10.8 Å². The zero-order valence-corrected chi connectivity index (χ0v) is 17.1. The maximum atomic E-state index is 13.3. The molecule has 0 bridgehead atoms. The lowest BCUT2D eigenvalue weighted by molar-refractivity contribution is 0.171. The van der Waals surface area contributed by atoms with Crippen molar-refractivity contribution >= 4 is 10.0 Å². The van der Waals surface area contributed by atoms with E-state index < -0.39 is 16.1 Å². The average Bonchev–Trinajstić information content (AvgIpc) is 3.44. The van der Waals surface area contributed by atoms with Crippen LogP contribution in [0.3, 0.4) is 0 Å². The van der Waals surface area contributed by atoms with Gasteiger partial charge >= 0.3 is 0 Å². The first-order valence-corrected chi connectivity index (χ1v) is 11.1. The van der Waals surface area contributed by atoms with Gasteiger partial charge in [0.15, 0.2) is 11.5 Å². The third-order valence-electron chi connectivity index (χ3n) is 5.21. The van der Waals surface area contributed by atoms with Crippen LogP contribution in [0.15, 0.2) is 45.8 Å². The summed E-state index contributed by atoms with van der Waals surface area (Å²) in [6.45, 7) is 3.11. The van der Waals surface area contributed by atoms with E-state index in [1.807, 2.05) is 19.1 Å². The Morgan fingerprint density at radius 3 is 2.70 bits per heavy atom. The quantitative estimate of drug-likeness (QED) is 0.624. The van der Waals surface area contributed by atoms with E-state index in [9.17, 15) is 8.42 Å². The Morgan fingerprint density at radius 2 is 1.90 bits per heavy atom. The van der Waals surface area contributed by atoms with Gasteiger partial charge in [0.25, 0.3) is 0 Å². The van der Waals surface area contributed by atoms with E-state index in [2.05, 4.69) is 15.2 Å². The summed E-state index contributed by atoms with van der Waals surface area (Å²) in [7, 11) is -3.77. The van der Waals surface area contributed by atoms with Gasteiger partial charge in [-0.25, -0.2) is 8.42 Å². The molecule has 1 atom stereocenters. The summed E-state index contributed by atoms with van der Waals surface area (Å²) in [5, 5.41) is 8.22. The Bertz CT molecular complexity index is 1180. The van der Waals surface area contributed by atoms with Gasteiger partial charge in [0, 0.05) is 24.5 Å². The second kappa shape index (κ2) is 7.37. The Balaban J connectivity index is 1.44. The van der Waals surface area contributed by atoms with Gasteiger partial charge in [-0.15, -0.1) is 10.2 Å². The Morgan fingerprint density at radius 1 is 1.07 bits per heavy atom. The van der Waals surface area contributed by atoms with Crippen LogP contribution in [0.25, 0.3) is 11.5 Å². The number of ether oxygens (including phenoxy) is 2.